The van der Waals surface area contributed by atoms with Gasteiger partial charge in [-0.15, -0.1) is 11.6 Å². The molecule has 0 aromatic carbocycles. The molecule has 80 valence electrons. The second-order valence-electron chi connectivity index (χ2n) is 3.38. The molecule has 1 amide bonds. The van der Waals surface area contributed by atoms with E-state index >= 15 is 0 Å². The van der Waals surface area contributed by atoms with Gasteiger partial charge in [-0.2, -0.15) is 0 Å². The van der Waals surface area contributed by atoms with Gasteiger partial charge in [0, 0.05) is 18.8 Å². The van der Waals surface area contributed by atoms with Crippen molar-refractivity contribution in [1.29, 1.82) is 0 Å². The van der Waals surface area contributed by atoms with Crippen molar-refractivity contribution in [3.8, 4) is 0 Å². The summed E-state index contributed by atoms with van der Waals surface area (Å²) in [6.45, 7) is 0.568. The van der Waals surface area contributed by atoms with Gasteiger partial charge in [0.2, 0.25) is 5.91 Å². The van der Waals surface area contributed by atoms with Crippen molar-refractivity contribution in [2.45, 2.75) is 31.7 Å². The van der Waals surface area contributed by atoms with E-state index in [1.54, 1.807) is 0 Å². The van der Waals surface area contributed by atoms with Crippen molar-refractivity contribution in [3.05, 3.63) is 0 Å². The largest absolute Gasteiger partial charge is 0.480 e. The molecular weight excluding hydrogens is 206 g/mol. The van der Waals surface area contributed by atoms with Gasteiger partial charge in [-0.3, -0.25) is 4.79 Å². The summed E-state index contributed by atoms with van der Waals surface area (Å²) in [5.41, 5.74) is 0. The summed E-state index contributed by atoms with van der Waals surface area (Å²) in [7, 11) is 0. The minimum absolute atomic E-state index is 0.0875. The Morgan fingerprint density at radius 3 is 2.79 bits per heavy atom. The highest BCUT2D eigenvalue weighted by atomic mass is 35.5. The van der Waals surface area contributed by atoms with Crippen LogP contribution >= 0.6 is 11.6 Å². The lowest BCUT2D eigenvalue weighted by atomic mass is 10.2. The number of amides is 1. The maximum absolute atomic E-state index is 11.5. The zero-order valence-corrected chi connectivity index (χ0v) is 8.66. The van der Waals surface area contributed by atoms with Crippen LogP contribution in [-0.2, 0) is 9.59 Å². The van der Waals surface area contributed by atoms with E-state index in [1.807, 2.05) is 0 Å². The number of hydrogen-bond donors (Lipinski definition) is 1. The topological polar surface area (TPSA) is 57.6 Å². The van der Waals surface area contributed by atoms with Crippen LogP contribution in [0.3, 0.4) is 0 Å². The van der Waals surface area contributed by atoms with Gasteiger partial charge in [-0.1, -0.05) is 0 Å². The molecule has 0 radical (unpaired) electrons. The number of carboxylic acid groups (broad SMARTS) is 1. The third-order valence-electron chi connectivity index (χ3n) is 2.38. The fourth-order valence-electron chi connectivity index (χ4n) is 1.68. The zero-order chi connectivity index (χ0) is 10.6. The summed E-state index contributed by atoms with van der Waals surface area (Å²) in [5, 5.41) is 8.84. The molecule has 1 fully saturated rings. The molecule has 4 nitrogen and oxygen atoms in total. The fraction of sp³-hybridized carbons (Fsp3) is 0.778. The van der Waals surface area contributed by atoms with E-state index in [1.165, 1.54) is 4.90 Å². The molecule has 1 N–H and O–H groups in total. The number of carboxylic acids is 1. The molecule has 0 spiro atoms. The second kappa shape index (κ2) is 5.20. The number of nitrogens with zero attached hydrogens (tertiary/aromatic N) is 1. The van der Waals surface area contributed by atoms with Crippen molar-refractivity contribution in [2.24, 2.45) is 0 Å². The van der Waals surface area contributed by atoms with Gasteiger partial charge in [-0.05, 0) is 19.3 Å². The molecule has 1 saturated heterocycles. The average Bonchev–Trinajstić information content (AvgIpc) is 2.62. The van der Waals surface area contributed by atoms with Crippen LogP contribution in [0.15, 0.2) is 0 Å². The van der Waals surface area contributed by atoms with Crippen LogP contribution in [0.2, 0.25) is 0 Å². The minimum atomic E-state index is -0.901. The smallest absolute Gasteiger partial charge is 0.326 e. The van der Waals surface area contributed by atoms with E-state index in [2.05, 4.69) is 0 Å². The van der Waals surface area contributed by atoms with Crippen molar-refractivity contribution >= 4 is 23.5 Å². The van der Waals surface area contributed by atoms with Gasteiger partial charge in [0.25, 0.3) is 0 Å². The first kappa shape index (κ1) is 11.3. The zero-order valence-electron chi connectivity index (χ0n) is 7.91. The molecule has 0 saturated carbocycles. The van der Waals surface area contributed by atoms with Gasteiger partial charge >= 0.3 is 5.97 Å². The first-order valence-corrected chi connectivity index (χ1v) is 5.28. The molecule has 0 aromatic rings. The average molecular weight is 220 g/mol. The lowest BCUT2D eigenvalue weighted by Crippen LogP contribution is -2.40. The first-order chi connectivity index (χ1) is 6.66. The van der Waals surface area contributed by atoms with Crippen molar-refractivity contribution in [1.82, 2.24) is 4.90 Å². The highest BCUT2D eigenvalue weighted by molar-refractivity contribution is 6.17. The predicted octanol–water partition coefficient (Wildman–Crippen LogP) is 1.08. The van der Waals surface area contributed by atoms with E-state index in [9.17, 15) is 9.59 Å². The molecule has 5 heteroatoms. The molecule has 14 heavy (non-hydrogen) atoms. The summed E-state index contributed by atoms with van der Waals surface area (Å²) < 4.78 is 0. The van der Waals surface area contributed by atoms with Gasteiger partial charge in [-0.25, -0.2) is 4.79 Å². The summed E-state index contributed by atoms with van der Waals surface area (Å²) in [6, 6.07) is -0.613. The Morgan fingerprint density at radius 2 is 2.21 bits per heavy atom. The standard InChI is InChI=1S/C9H14ClNO3/c10-5-1-4-8(12)11-6-2-3-7(11)9(13)14/h7H,1-6H2,(H,13,14)/t7-/m0/s1. The molecular formula is C9H14ClNO3. The van der Waals surface area contributed by atoms with Crippen molar-refractivity contribution in [3.63, 3.8) is 0 Å². The molecule has 1 atom stereocenters. The number of likely N-dealkylation sites (tertiary alicyclic amines) is 1. The van der Waals surface area contributed by atoms with Gasteiger partial charge < -0.3 is 10.0 Å². The number of carbonyl (C=O) groups excluding carboxylic acids is 1. The quantitative estimate of drug-likeness (QED) is 0.720. The monoisotopic (exact) mass is 219 g/mol. The molecule has 0 aliphatic carbocycles. The maximum Gasteiger partial charge on any atom is 0.326 e. The lowest BCUT2D eigenvalue weighted by Gasteiger charge is -2.21. The summed E-state index contributed by atoms with van der Waals surface area (Å²) in [6.07, 6.45) is 2.32. The third-order valence-corrected chi connectivity index (χ3v) is 2.65. The van der Waals surface area contributed by atoms with E-state index in [4.69, 9.17) is 16.7 Å². The Hall–Kier alpha value is -0.770. The summed E-state index contributed by atoms with van der Waals surface area (Å²) in [5.74, 6) is -0.547. The predicted molar refractivity (Wildman–Crippen MR) is 52.3 cm³/mol. The van der Waals surface area contributed by atoms with Crippen LogP contribution in [0.4, 0.5) is 0 Å². The minimum Gasteiger partial charge on any atom is -0.480 e. The molecule has 1 aliphatic heterocycles. The number of hydrogen-bond acceptors (Lipinski definition) is 2. The molecule has 1 rings (SSSR count). The number of alkyl halides is 1. The Morgan fingerprint density at radius 1 is 1.50 bits per heavy atom. The molecule has 1 aliphatic rings. The second-order valence-corrected chi connectivity index (χ2v) is 3.75. The Balaban J connectivity index is 2.49. The maximum atomic E-state index is 11.5. The van der Waals surface area contributed by atoms with Crippen LogP contribution in [0.25, 0.3) is 0 Å². The Kier molecular flexibility index (Phi) is 4.20. The summed E-state index contributed by atoms with van der Waals surface area (Å²) in [4.78, 5) is 23.7. The van der Waals surface area contributed by atoms with E-state index in [-0.39, 0.29) is 5.91 Å². The number of halogens is 1. The Labute approximate surface area is 87.8 Å². The van der Waals surface area contributed by atoms with Crippen LogP contribution in [0.5, 0.6) is 0 Å². The van der Waals surface area contributed by atoms with Crippen molar-refractivity contribution < 1.29 is 14.7 Å². The van der Waals surface area contributed by atoms with Crippen LogP contribution < -0.4 is 0 Å². The van der Waals surface area contributed by atoms with E-state index in [0.717, 1.165) is 6.42 Å². The van der Waals surface area contributed by atoms with E-state index < -0.39 is 12.0 Å². The highest BCUT2D eigenvalue weighted by Gasteiger charge is 2.33. The third kappa shape index (κ3) is 2.61. The van der Waals surface area contributed by atoms with Crippen LogP contribution in [0, 0.1) is 0 Å². The van der Waals surface area contributed by atoms with Crippen LogP contribution in [-0.4, -0.2) is 40.3 Å². The van der Waals surface area contributed by atoms with Gasteiger partial charge in [0.1, 0.15) is 6.04 Å². The normalized spacial score (nSPS) is 21.2. The number of aliphatic carboxylic acids is 1. The molecule has 0 aromatic heterocycles. The van der Waals surface area contributed by atoms with Crippen molar-refractivity contribution in [2.75, 3.05) is 12.4 Å². The number of carbonyl (C=O) groups is 2. The van der Waals surface area contributed by atoms with Gasteiger partial charge in [0.05, 0.1) is 0 Å². The van der Waals surface area contributed by atoms with Gasteiger partial charge in [0.15, 0.2) is 0 Å². The van der Waals surface area contributed by atoms with Crippen LogP contribution in [0.1, 0.15) is 25.7 Å². The Bertz CT molecular complexity index is 232. The molecule has 0 unspecified atom stereocenters. The highest BCUT2D eigenvalue weighted by Crippen LogP contribution is 2.18. The first-order valence-electron chi connectivity index (χ1n) is 4.75. The summed E-state index contributed by atoms with van der Waals surface area (Å²) >= 11 is 5.46. The molecule has 0 bridgehead atoms. The number of rotatable bonds is 4. The SMILES string of the molecule is O=C(O)[C@@H]1CCCN1C(=O)CCCCl. The fourth-order valence-corrected chi connectivity index (χ4v) is 1.82. The molecule has 1 heterocycles. The lowest BCUT2D eigenvalue weighted by molar-refractivity contribution is -0.148. The van der Waals surface area contributed by atoms with E-state index in [0.29, 0.717) is 31.7 Å².